The number of likely N-dealkylation sites (tertiary alicyclic amines) is 1. The molecule has 0 radical (unpaired) electrons. The van der Waals surface area contributed by atoms with Gasteiger partial charge < -0.3 is 9.52 Å². The molecule has 2 atom stereocenters. The van der Waals surface area contributed by atoms with Crippen LogP contribution in [-0.2, 0) is 11.2 Å². The van der Waals surface area contributed by atoms with E-state index in [1.807, 2.05) is 12.1 Å². The lowest BCUT2D eigenvalue weighted by atomic mass is 9.96. The Morgan fingerprint density at radius 3 is 3.18 bits per heavy atom. The van der Waals surface area contributed by atoms with E-state index in [0.29, 0.717) is 12.6 Å². The highest BCUT2D eigenvalue weighted by Gasteiger charge is 2.28. The largest absolute Gasteiger partial charge is 0.481 e. The lowest BCUT2D eigenvalue weighted by Gasteiger charge is -2.35. The second-order valence-electron chi connectivity index (χ2n) is 4.80. The molecular weight excluding hydrogens is 218 g/mol. The van der Waals surface area contributed by atoms with Crippen molar-refractivity contribution >= 4 is 5.97 Å². The fourth-order valence-electron chi connectivity index (χ4n) is 2.46. The average molecular weight is 237 g/mol. The number of aliphatic carboxylic acids is 1. The Hall–Kier alpha value is -1.29. The number of furan rings is 1. The van der Waals surface area contributed by atoms with Crippen molar-refractivity contribution in [3.05, 3.63) is 24.2 Å². The first-order chi connectivity index (χ1) is 8.16. The summed E-state index contributed by atoms with van der Waals surface area (Å²) < 4.78 is 5.33. The third-order valence-corrected chi connectivity index (χ3v) is 3.50. The first kappa shape index (κ1) is 12.2. The summed E-state index contributed by atoms with van der Waals surface area (Å²) in [6.07, 6.45) is 4.30. The summed E-state index contributed by atoms with van der Waals surface area (Å²) in [6, 6.07) is 4.19. The van der Waals surface area contributed by atoms with Crippen molar-refractivity contribution in [2.24, 2.45) is 5.92 Å². The smallest absolute Gasteiger partial charge is 0.307 e. The molecule has 0 saturated carbocycles. The molecule has 1 aliphatic heterocycles. The van der Waals surface area contributed by atoms with Gasteiger partial charge in [-0.15, -0.1) is 0 Å². The summed E-state index contributed by atoms with van der Waals surface area (Å²) in [5.41, 5.74) is 0. The Balaban J connectivity index is 1.90. The topological polar surface area (TPSA) is 53.7 Å². The quantitative estimate of drug-likeness (QED) is 0.870. The van der Waals surface area contributed by atoms with Crippen LogP contribution in [0.25, 0.3) is 0 Å². The highest BCUT2D eigenvalue weighted by atomic mass is 16.4. The average Bonchev–Trinajstić information content (AvgIpc) is 2.82. The maximum absolute atomic E-state index is 11.0. The number of piperidine rings is 1. The van der Waals surface area contributed by atoms with Crippen molar-refractivity contribution in [1.82, 2.24) is 4.90 Å². The number of hydrogen-bond acceptors (Lipinski definition) is 3. The van der Waals surface area contributed by atoms with Crippen LogP contribution in [0.4, 0.5) is 0 Å². The molecule has 0 aliphatic carbocycles. The number of rotatable bonds is 4. The molecule has 17 heavy (non-hydrogen) atoms. The number of nitrogens with zero attached hydrogens (tertiary/aromatic N) is 1. The van der Waals surface area contributed by atoms with E-state index in [1.54, 1.807) is 6.26 Å². The van der Waals surface area contributed by atoms with Crippen LogP contribution in [0.5, 0.6) is 0 Å². The van der Waals surface area contributed by atoms with Gasteiger partial charge in [0, 0.05) is 19.0 Å². The summed E-state index contributed by atoms with van der Waals surface area (Å²) >= 11 is 0. The normalized spacial score (nSPS) is 23.5. The minimum absolute atomic E-state index is 0.206. The third kappa shape index (κ3) is 3.09. The molecule has 0 spiro atoms. The maximum Gasteiger partial charge on any atom is 0.307 e. The summed E-state index contributed by atoms with van der Waals surface area (Å²) in [7, 11) is 0. The number of carboxylic acids is 1. The summed E-state index contributed by atoms with van der Waals surface area (Å²) in [5.74, 6) is 0.0950. The molecular formula is C13H19NO3. The van der Waals surface area contributed by atoms with Gasteiger partial charge in [0.15, 0.2) is 0 Å². The summed E-state index contributed by atoms with van der Waals surface area (Å²) in [5, 5.41) is 9.05. The van der Waals surface area contributed by atoms with Crippen LogP contribution in [0.1, 0.15) is 25.5 Å². The molecule has 1 aromatic heterocycles. The zero-order chi connectivity index (χ0) is 12.3. The van der Waals surface area contributed by atoms with Crippen molar-refractivity contribution in [3.63, 3.8) is 0 Å². The molecule has 2 unspecified atom stereocenters. The van der Waals surface area contributed by atoms with E-state index >= 15 is 0 Å². The zero-order valence-corrected chi connectivity index (χ0v) is 10.1. The van der Waals surface area contributed by atoms with Crippen molar-refractivity contribution in [2.75, 3.05) is 13.1 Å². The van der Waals surface area contributed by atoms with E-state index in [2.05, 4.69) is 11.8 Å². The van der Waals surface area contributed by atoms with E-state index in [4.69, 9.17) is 9.52 Å². The standard InChI is InChI=1S/C13H19NO3/c1-10(8-12-5-3-7-17-12)14-6-2-4-11(9-14)13(15)16/h3,5,7,10-11H,2,4,6,8-9H2,1H3,(H,15,16). The molecule has 1 aromatic rings. The van der Waals surface area contributed by atoms with Gasteiger partial charge in [-0.25, -0.2) is 0 Å². The van der Waals surface area contributed by atoms with Gasteiger partial charge in [-0.2, -0.15) is 0 Å². The monoisotopic (exact) mass is 237 g/mol. The summed E-state index contributed by atoms with van der Waals surface area (Å²) in [4.78, 5) is 13.2. The van der Waals surface area contributed by atoms with Gasteiger partial charge >= 0.3 is 5.97 Å². The predicted octanol–water partition coefficient (Wildman–Crippen LogP) is 2.01. The second-order valence-corrected chi connectivity index (χ2v) is 4.80. The van der Waals surface area contributed by atoms with Gasteiger partial charge in [0.05, 0.1) is 12.2 Å². The molecule has 2 heterocycles. The Labute approximate surface area is 101 Å². The first-order valence-electron chi connectivity index (χ1n) is 6.16. The summed E-state index contributed by atoms with van der Waals surface area (Å²) in [6.45, 7) is 3.79. The van der Waals surface area contributed by atoms with Gasteiger partial charge in [0.1, 0.15) is 5.76 Å². The fourth-order valence-corrected chi connectivity index (χ4v) is 2.46. The van der Waals surface area contributed by atoms with Crippen molar-refractivity contribution in [3.8, 4) is 0 Å². The highest BCUT2D eigenvalue weighted by molar-refractivity contribution is 5.70. The molecule has 0 aromatic carbocycles. The highest BCUT2D eigenvalue weighted by Crippen LogP contribution is 2.20. The molecule has 1 N–H and O–H groups in total. The molecule has 2 rings (SSSR count). The van der Waals surface area contributed by atoms with E-state index in [0.717, 1.165) is 31.6 Å². The fraction of sp³-hybridized carbons (Fsp3) is 0.615. The Morgan fingerprint density at radius 2 is 2.53 bits per heavy atom. The Bertz CT molecular complexity index is 361. The van der Waals surface area contributed by atoms with Crippen LogP contribution in [0.15, 0.2) is 22.8 Å². The lowest BCUT2D eigenvalue weighted by molar-refractivity contribution is -0.143. The van der Waals surface area contributed by atoms with Crippen LogP contribution in [0.3, 0.4) is 0 Å². The Morgan fingerprint density at radius 1 is 1.71 bits per heavy atom. The maximum atomic E-state index is 11.0. The number of hydrogen-bond donors (Lipinski definition) is 1. The first-order valence-corrected chi connectivity index (χ1v) is 6.16. The minimum atomic E-state index is -0.667. The van der Waals surface area contributed by atoms with Crippen molar-refractivity contribution in [1.29, 1.82) is 0 Å². The van der Waals surface area contributed by atoms with E-state index < -0.39 is 5.97 Å². The van der Waals surface area contributed by atoms with Gasteiger partial charge in [0.25, 0.3) is 0 Å². The molecule has 1 fully saturated rings. The molecule has 0 amide bonds. The van der Waals surface area contributed by atoms with Crippen molar-refractivity contribution in [2.45, 2.75) is 32.2 Å². The molecule has 4 heteroatoms. The predicted molar refractivity (Wildman–Crippen MR) is 63.8 cm³/mol. The third-order valence-electron chi connectivity index (χ3n) is 3.50. The molecule has 0 bridgehead atoms. The van der Waals surface area contributed by atoms with Crippen LogP contribution in [0.2, 0.25) is 0 Å². The van der Waals surface area contributed by atoms with E-state index in [1.165, 1.54) is 0 Å². The number of carbonyl (C=O) groups is 1. The van der Waals surface area contributed by atoms with Crippen LogP contribution >= 0.6 is 0 Å². The lowest BCUT2D eigenvalue weighted by Crippen LogP contribution is -2.44. The molecule has 4 nitrogen and oxygen atoms in total. The van der Waals surface area contributed by atoms with Crippen LogP contribution in [0, 0.1) is 5.92 Å². The Kier molecular flexibility index (Phi) is 3.84. The van der Waals surface area contributed by atoms with E-state index in [9.17, 15) is 4.79 Å². The van der Waals surface area contributed by atoms with Gasteiger partial charge in [0.2, 0.25) is 0 Å². The van der Waals surface area contributed by atoms with Gasteiger partial charge in [-0.1, -0.05) is 0 Å². The zero-order valence-electron chi connectivity index (χ0n) is 10.1. The molecule has 94 valence electrons. The van der Waals surface area contributed by atoms with Crippen LogP contribution in [-0.4, -0.2) is 35.1 Å². The SMILES string of the molecule is CC(Cc1ccco1)N1CCCC(C(=O)O)C1. The minimum Gasteiger partial charge on any atom is -0.481 e. The van der Waals surface area contributed by atoms with Gasteiger partial charge in [-0.05, 0) is 38.4 Å². The van der Waals surface area contributed by atoms with E-state index in [-0.39, 0.29) is 5.92 Å². The number of carboxylic acid groups (broad SMARTS) is 1. The van der Waals surface area contributed by atoms with Gasteiger partial charge in [-0.3, -0.25) is 9.69 Å². The second kappa shape index (κ2) is 5.36. The molecule has 1 saturated heterocycles. The van der Waals surface area contributed by atoms with Crippen molar-refractivity contribution < 1.29 is 14.3 Å². The van der Waals surface area contributed by atoms with Crippen LogP contribution < -0.4 is 0 Å². The molecule has 1 aliphatic rings.